The summed E-state index contributed by atoms with van der Waals surface area (Å²) in [6.45, 7) is 1.74. The highest BCUT2D eigenvalue weighted by molar-refractivity contribution is 5.96. The van der Waals surface area contributed by atoms with E-state index in [-0.39, 0.29) is 17.1 Å². The molecule has 0 aromatic heterocycles. The maximum absolute atomic E-state index is 13.2. The van der Waals surface area contributed by atoms with Crippen molar-refractivity contribution in [2.45, 2.75) is 13.0 Å². The SMILES string of the molecule is CC(c1ccccc1O)N(C)C(=O)c1cc(F)ccc1O. The van der Waals surface area contributed by atoms with Crippen molar-refractivity contribution in [2.24, 2.45) is 0 Å². The van der Waals surface area contributed by atoms with Gasteiger partial charge in [0.15, 0.2) is 0 Å². The van der Waals surface area contributed by atoms with Gasteiger partial charge in [0, 0.05) is 12.6 Å². The fourth-order valence-electron chi connectivity index (χ4n) is 2.09. The Labute approximate surface area is 122 Å². The first kappa shape index (κ1) is 14.8. The number of hydrogen-bond donors (Lipinski definition) is 2. The first-order chi connectivity index (χ1) is 9.91. The summed E-state index contributed by atoms with van der Waals surface area (Å²) < 4.78 is 13.2. The van der Waals surface area contributed by atoms with E-state index in [4.69, 9.17) is 0 Å². The molecule has 0 radical (unpaired) electrons. The van der Waals surface area contributed by atoms with Crippen LogP contribution in [0.1, 0.15) is 28.9 Å². The van der Waals surface area contributed by atoms with Crippen molar-refractivity contribution in [1.82, 2.24) is 4.90 Å². The summed E-state index contributed by atoms with van der Waals surface area (Å²) in [5.74, 6) is -1.33. The second-order valence-electron chi connectivity index (χ2n) is 4.81. The van der Waals surface area contributed by atoms with Crippen LogP contribution in [0.3, 0.4) is 0 Å². The predicted molar refractivity (Wildman–Crippen MR) is 76.7 cm³/mol. The van der Waals surface area contributed by atoms with Crippen LogP contribution in [-0.2, 0) is 0 Å². The zero-order valence-corrected chi connectivity index (χ0v) is 11.7. The topological polar surface area (TPSA) is 60.8 Å². The van der Waals surface area contributed by atoms with Crippen LogP contribution in [0, 0.1) is 5.82 Å². The van der Waals surface area contributed by atoms with Gasteiger partial charge in [0.05, 0.1) is 11.6 Å². The Morgan fingerprint density at radius 2 is 1.81 bits per heavy atom. The molecule has 2 rings (SSSR count). The molecule has 0 bridgehead atoms. The molecule has 0 saturated heterocycles. The van der Waals surface area contributed by atoms with Gasteiger partial charge in [0.25, 0.3) is 5.91 Å². The van der Waals surface area contributed by atoms with Crippen LogP contribution in [-0.4, -0.2) is 28.1 Å². The number of amides is 1. The largest absolute Gasteiger partial charge is 0.508 e. The molecule has 2 aromatic rings. The number of benzene rings is 2. The van der Waals surface area contributed by atoms with Gasteiger partial charge in [0.2, 0.25) is 0 Å². The summed E-state index contributed by atoms with van der Waals surface area (Å²) in [5.41, 5.74) is 0.462. The molecule has 4 nitrogen and oxygen atoms in total. The van der Waals surface area contributed by atoms with Crippen LogP contribution in [0.15, 0.2) is 42.5 Å². The quantitative estimate of drug-likeness (QED) is 0.913. The number of aromatic hydroxyl groups is 2. The molecule has 0 aliphatic carbocycles. The van der Waals surface area contributed by atoms with E-state index >= 15 is 0 Å². The van der Waals surface area contributed by atoms with E-state index < -0.39 is 17.8 Å². The summed E-state index contributed by atoms with van der Waals surface area (Å²) in [6.07, 6.45) is 0. The molecule has 0 aliphatic rings. The fourth-order valence-corrected chi connectivity index (χ4v) is 2.09. The van der Waals surface area contributed by atoms with Crippen LogP contribution in [0.5, 0.6) is 11.5 Å². The second kappa shape index (κ2) is 5.83. The van der Waals surface area contributed by atoms with Crippen LogP contribution < -0.4 is 0 Å². The molecule has 0 heterocycles. The number of phenolic OH excluding ortho intramolecular Hbond substituents is 2. The molecule has 110 valence electrons. The summed E-state index contributed by atoms with van der Waals surface area (Å²) in [7, 11) is 1.53. The molecule has 2 aromatic carbocycles. The van der Waals surface area contributed by atoms with Gasteiger partial charge in [-0.1, -0.05) is 18.2 Å². The Balaban J connectivity index is 2.31. The van der Waals surface area contributed by atoms with E-state index in [2.05, 4.69) is 0 Å². The van der Waals surface area contributed by atoms with Gasteiger partial charge in [-0.15, -0.1) is 0 Å². The molecule has 1 amide bonds. The molecule has 0 fully saturated rings. The molecular formula is C16H16FNO3. The van der Waals surface area contributed by atoms with Crippen LogP contribution >= 0.6 is 0 Å². The summed E-state index contributed by atoms with van der Waals surface area (Å²) in [6, 6.07) is 9.46. The van der Waals surface area contributed by atoms with E-state index in [1.54, 1.807) is 25.1 Å². The number of carbonyl (C=O) groups is 1. The van der Waals surface area contributed by atoms with Gasteiger partial charge < -0.3 is 15.1 Å². The Morgan fingerprint density at radius 1 is 1.14 bits per heavy atom. The number of carbonyl (C=O) groups excluding carboxylic acids is 1. The van der Waals surface area contributed by atoms with Crippen molar-refractivity contribution in [1.29, 1.82) is 0 Å². The van der Waals surface area contributed by atoms with Gasteiger partial charge >= 0.3 is 0 Å². The Bertz CT molecular complexity index is 672. The molecule has 1 unspecified atom stereocenters. The zero-order valence-electron chi connectivity index (χ0n) is 11.7. The third-order valence-electron chi connectivity index (χ3n) is 3.48. The van der Waals surface area contributed by atoms with Crippen molar-refractivity contribution in [3.63, 3.8) is 0 Å². The van der Waals surface area contributed by atoms with Crippen LogP contribution in [0.4, 0.5) is 4.39 Å². The van der Waals surface area contributed by atoms with Gasteiger partial charge in [-0.25, -0.2) is 4.39 Å². The van der Waals surface area contributed by atoms with E-state index in [0.717, 1.165) is 18.2 Å². The highest BCUT2D eigenvalue weighted by Crippen LogP contribution is 2.29. The van der Waals surface area contributed by atoms with Gasteiger partial charge in [-0.2, -0.15) is 0 Å². The number of nitrogens with zero attached hydrogens (tertiary/aromatic N) is 1. The molecule has 21 heavy (non-hydrogen) atoms. The molecule has 1 atom stereocenters. The number of phenols is 2. The van der Waals surface area contributed by atoms with Crippen molar-refractivity contribution in [3.05, 3.63) is 59.4 Å². The van der Waals surface area contributed by atoms with Crippen molar-refractivity contribution in [3.8, 4) is 11.5 Å². The minimum Gasteiger partial charge on any atom is -0.508 e. The highest BCUT2D eigenvalue weighted by Gasteiger charge is 2.23. The normalized spacial score (nSPS) is 12.0. The number of rotatable bonds is 3. The van der Waals surface area contributed by atoms with E-state index in [0.29, 0.717) is 5.56 Å². The lowest BCUT2D eigenvalue weighted by molar-refractivity contribution is 0.0737. The van der Waals surface area contributed by atoms with Crippen LogP contribution in [0.25, 0.3) is 0 Å². The third kappa shape index (κ3) is 2.97. The Morgan fingerprint density at radius 3 is 2.48 bits per heavy atom. The predicted octanol–water partition coefficient (Wildman–Crippen LogP) is 3.07. The smallest absolute Gasteiger partial charge is 0.257 e. The monoisotopic (exact) mass is 289 g/mol. The molecule has 5 heteroatoms. The molecule has 0 spiro atoms. The maximum Gasteiger partial charge on any atom is 0.257 e. The molecule has 0 aliphatic heterocycles. The third-order valence-corrected chi connectivity index (χ3v) is 3.48. The summed E-state index contributed by atoms with van der Waals surface area (Å²) in [4.78, 5) is 13.7. The standard InChI is InChI=1S/C16H16FNO3/c1-10(12-5-3-4-6-14(12)19)18(2)16(21)13-9-11(17)7-8-15(13)20/h3-10,19-20H,1-2H3. The minimum atomic E-state index is -0.597. The lowest BCUT2D eigenvalue weighted by Crippen LogP contribution is -2.29. The van der Waals surface area contributed by atoms with Crippen molar-refractivity contribution in [2.75, 3.05) is 7.05 Å². The second-order valence-corrected chi connectivity index (χ2v) is 4.81. The highest BCUT2D eigenvalue weighted by atomic mass is 19.1. The fraction of sp³-hybridized carbons (Fsp3) is 0.188. The van der Waals surface area contributed by atoms with Crippen LogP contribution in [0.2, 0.25) is 0 Å². The van der Waals surface area contributed by atoms with Gasteiger partial charge in [-0.3, -0.25) is 4.79 Å². The minimum absolute atomic E-state index is 0.0770. The van der Waals surface area contributed by atoms with Crippen molar-refractivity contribution < 1.29 is 19.4 Å². The molecule has 0 saturated carbocycles. The zero-order chi connectivity index (χ0) is 15.6. The van der Waals surface area contributed by atoms with E-state index in [1.165, 1.54) is 18.0 Å². The lowest BCUT2D eigenvalue weighted by atomic mass is 10.0. The molecule has 2 N–H and O–H groups in total. The van der Waals surface area contributed by atoms with Gasteiger partial charge in [-0.05, 0) is 31.2 Å². The molecular weight excluding hydrogens is 273 g/mol. The maximum atomic E-state index is 13.2. The van der Waals surface area contributed by atoms with E-state index in [1.807, 2.05) is 0 Å². The number of para-hydroxylation sites is 1. The first-order valence-electron chi connectivity index (χ1n) is 6.45. The average Bonchev–Trinajstić information content (AvgIpc) is 2.48. The number of halogens is 1. The van der Waals surface area contributed by atoms with E-state index in [9.17, 15) is 19.4 Å². The first-order valence-corrected chi connectivity index (χ1v) is 6.45. The Kier molecular flexibility index (Phi) is 4.12. The lowest BCUT2D eigenvalue weighted by Gasteiger charge is -2.26. The summed E-state index contributed by atoms with van der Waals surface area (Å²) >= 11 is 0. The Hall–Kier alpha value is -2.56. The van der Waals surface area contributed by atoms with Gasteiger partial charge in [0.1, 0.15) is 17.3 Å². The summed E-state index contributed by atoms with van der Waals surface area (Å²) in [5, 5.41) is 19.5. The number of hydrogen-bond acceptors (Lipinski definition) is 3. The average molecular weight is 289 g/mol. The van der Waals surface area contributed by atoms with Crippen molar-refractivity contribution >= 4 is 5.91 Å².